The summed E-state index contributed by atoms with van der Waals surface area (Å²) in [6, 6.07) is 11.1. The molecule has 1 saturated heterocycles. The number of rotatable bonds is 4. The van der Waals surface area contributed by atoms with Crippen LogP contribution in [0.5, 0.6) is 0 Å². The SMILES string of the molecule is Cc1cccc(C)c1NC(=O)CSC1=N[C@H]2CS(=O)(=O)C[C@@H]2N1c1ccccc1F. The Bertz CT molecular complexity index is 1110. The third-order valence-corrected chi connectivity index (χ3v) is 7.96. The number of amides is 1. The molecule has 2 aromatic rings. The Morgan fingerprint density at radius 3 is 2.57 bits per heavy atom. The number of fused-ring (bicyclic) bond motifs is 1. The minimum atomic E-state index is -3.22. The molecule has 2 aliphatic heterocycles. The maximum Gasteiger partial charge on any atom is 0.234 e. The van der Waals surface area contributed by atoms with E-state index < -0.39 is 27.7 Å². The third-order valence-electron chi connectivity index (χ3n) is 5.30. The smallest absolute Gasteiger partial charge is 0.234 e. The minimum Gasteiger partial charge on any atom is -0.325 e. The molecule has 1 fully saturated rings. The molecule has 30 heavy (non-hydrogen) atoms. The van der Waals surface area contributed by atoms with E-state index in [9.17, 15) is 17.6 Å². The number of sulfone groups is 1. The van der Waals surface area contributed by atoms with Crippen molar-refractivity contribution in [2.75, 3.05) is 27.5 Å². The standard InChI is InChI=1S/C21H22FN3O3S2/c1-13-6-5-7-14(2)20(13)24-19(26)10-29-21-23-16-11-30(27,28)12-18(16)25(21)17-9-4-3-8-15(17)22/h3-9,16,18H,10-12H2,1-2H3,(H,24,26)/t16-,18-/m0/s1. The first kappa shape index (κ1) is 20.9. The molecule has 0 unspecified atom stereocenters. The lowest BCUT2D eigenvalue weighted by Gasteiger charge is -2.26. The van der Waals surface area contributed by atoms with Crippen LogP contribution in [-0.4, -0.2) is 48.8 Å². The number of nitrogens with zero attached hydrogens (tertiary/aromatic N) is 2. The van der Waals surface area contributed by atoms with Gasteiger partial charge < -0.3 is 10.2 Å². The van der Waals surface area contributed by atoms with Crippen molar-refractivity contribution in [1.82, 2.24) is 0 Å². The first-order valence-electron chi connectivity index (χ1n) is 9.56. The van der Waals surface area contributed by atoms with Crippen LogP contribution in [0.25, 0.3) is 0 Å². The maximum atomic E-state index is 14.5. The molecule has 158 valence electrons. The summed E-state index contributed by atoms with van der Waals surface area (Å²) in [6.07, 6.45) is 0. The number of carbonyl (C=O) groups excluding carboxylic acids is 1. The molecular formula is C21H22FN3O3S2. The monoisotopic (exact) mass is 447 g/mol. The van der Waals surface area contributed by atoms with Crippen molar-refractivity contribution in [1.29, 1.82) is 0 Å². The Labute approximate surface area is 179 Å². The molecule has 0 bridgehead atoms. The molecule has 0 saturated carbocycles. The molecule has 0 aromatic heterocycles. The van der Waals surface area contributed by atoms with E-state index in [0.717, 1.165) is 16.8 Å². The molecule has 0 aliphatic carbocycles. The Hall–Kier alpha value is -2.39. The Morgan fingerprint density at radius 1 is 1.17 bits per heavy atom. The van der Waals surface area contributed by atoms with Gasteiger partial charge in [0.05, 0.1) is 35.0 Å². The quantitative estimate of drug-likeness (QED) is 0.779. The van der Waals surface area contributed by atoms with Gasteiger partial charge in [-0.3, -0.25) is 9.79 Å². The van der Waals surface area contributed by atoms with Gasteiger partial charge in [0.15, 0.2) is 15.0 Å². The Kier molecular flexibility index (Phi) is 5.59. The molecule has 6 nitrogen and oxygen atoms in total. The van der Waals surface area contributed by atoms with Gasteiger partial charge in [0.2, 0.25) is 5.91 Å². The van der Waals surface area contributed by atoms with E-state index in [4.69, 9.17) is 0 Å². The second-order valence-electron chi connectivity index (χ2n) is 7.55. The minimum absolute atomic E-state index is 0.0543. The van der Waals surface area contributed by atoms with Crippen molar-refractivity contribution in [2.24, 2.45) is 4.99 Å². The second kappa shape index (κ2) is 8.03. The van der Waals surface area contributed by atoms with Crippen LogP contribution in [0.1, 0.15) is 11.1 Å². The average molecular weight is 448 g/mol. The molecule has 2 heterocycles. The van der Waals surface area contributed by atoms with Crippen LogP contribution >= 0.6 is 11.8 Å². The molecule has 9 heteroatoms. The number of nitrogens with one attached hydrogen (secondary N) is 1. The van der Waals surface area contributed by atoms with E-state index in [0.29, 0.717) is 5.17 Å². The van der Waals surface area contributed by atoms with E-state index in [-0.39, 0.29) is 28.9 Å². The first-order valence-corrected chi connectivity index (χ1v) is 12.4. The molecular weight excluding hydrogens is 425 g/mol. The number of aliphatic imine (C=N–C) groups is 1. The van der Waals surface area contributed by atoms with Crippen LogP contribution in [0.2, 0.25) is 0 Å². The van der Waals surface area contributed by atoms with Gasteiger partial charge in [-0.2, -0.15) is 0 Å². The number of hydrogen-bond acceptors (Lipinski definition) is 6. The first-order chi connectivity index (χ1) is 14.2. The highest BCUT2D eigenvalue weighted by atomic mass is 32.2. The van der Waals surface area contributed by atoms with E-state index >= 15 is 0 Å². The van der Waals surface area contributed by atoms with Gasteiger partial charge in [-0.15, -0.1) is 0 Å². The van der Waals surface area contributed by atoms with Crippen LogP contribution in [0.3, 0.4) is 0 Å². The van der Waals surface area contributed by atoms with Gasteiger partial charge in [-0.25, -0.2) is 12.8 Å². The van der Waals surface area contributed by atoms with Crippen molar-refractivity contribution in [3.8, 4) is 0 Å². The van der Waals surface area contributed by atoms with Crippen molar-refractivity contribution in [3.63, 3.8) is 0 Å². The number of carbonyl (C=O) groups is 1. The molecule has 1 amide bonds. The number of aryl methyl sites for hydroxylation is 2. The van der Waals surface area contributed by atoms with E-state index in [2.05, 4.69) is 10.3 Å². The fourth-order valence-corrected chi connectivity index (χ4v) is 6.64. The highest BCUT2D eigenvalue weighted by Gasteiger charge is 2.47. The molecule has 2 aromatic carbocycles. The molecule has 2 aliphatic rings. The summed E-state index contributed by atoms with van der Waals surface area (Å²) in [5, 5.41) is 3.40. The summed E-state index contributed by atoms with van der Waals surface area (Å²) in [7, 11) is -3.22. The van der Waals surface area contributed by atoms with Crippen molar-refractivity contribution in [2.45, 2.75) is 25.9 Å². The molecule has 2 atom stereocenters. The number of halogens is 1. The van der Waals surface area contributed by atoms with Crippen LogP contribution in [0, 0.1) is 19.7 Å². The summed E-state index contributed by atoms with van der Waals surface area (Å²) in [4.78, 5) is 18.7. The molecule has 4 rings (SSSR count). The lowest BCUT2D eigenvalue weighted by molar-refractivity contribution is -0.113. The van der Waals surface area contributed by atoms with Crippen LogP contribution in [0.4, 0.5) is 15.8 Å². The maximum absolute atomic E-state index is 14.5. The molecule has 1 N–H and O–H groups in total. The summed E-state index contributed by atoms with van der Waals surface area (Å²) in [6.45, 7) is 3.86. The predicted molar refractivity (Wildman–Crippen MR) is 120 cm³/mol. The van der Waals surface area contributed by atoms with Crippen LogP contribution in [-0.2, 0) is 14.6 Å². The van der Waals surface area contributed by atoms with Crippen molar-refractivity contribution >= 4 is 44.0 Å². The van der Waals surface area contributed by atoms with E-state index in [1.54, 1.807) is 23.1 Å². The largest absolute Gasteiger partial charge is 0.325 e. The zero-order valence-corrected chi connectivity index (χ0v) is 18.3. The number of amidine groups is 1. The van der Waals surface area contributed by atoms with Gasteiger partial charge in [-0.05, 0) is 37.1 Å². The Balaban J connectivity index is 1.53. The number of hydrogen-bond donors (Lipinski definition) is 1. The Morgan fingerprint density at radius 2 is 1.87 bits per heavy atom. The van der Waals surface area contributed by atoms with Crippen molar-refractivity contribution < 1.29 is 17.6 Å². The fourth-order valence-electron chi connectivity index (χ4n) is 3.88. The topological polar surface area (TPSA) is 78.8 Å². The van der Waals surface area contributed by atoms with Gasteiger partial charge in [-0.1, -0.05) is 42.1 Å². The summed E-state index contributed by atoms with van der Waals surface area (Å²) < 4.78 is 38.7. The zero-order chi connectivity index (χ0) is 21.5. The zero-order valence-electron chi connectivity index (χ0n) is 16.6. The summed E-state index contributed by atoms with van der Waals surface area (Å²) in [5.74, 6) is -0.687. The summed E-state index contributed by atoms with van der Waals surface area (Å²) >= 11 is 1.19. The summed E-state index contributed by atoms with van der Waals surface area (Å²) in [5.41, 5.74) is 3.01. The van der Waals surface area contributed by atoms with Crippen LogP contribution in [0.15, 0.2) is 47.5 Å². The normalized spacial score (nSPS) is 22.0. The number of para-hydroxylation sites is 2. The lowest BCUT2D eigenvalue weighted by Crippen LogP contribution is -2.40. The predicted octanol–water partition coefficient (Wildman–Crippen LogP) is 3.16. The fraction of sp³-hybridized carbons (Fsp3) is 0.333. The van der Waals surface area contributed by atoms with E-state index in [1.807, 2.05) is 32.0 Å². The van der Waals surface area contributed by atoms with Gasteiger partial charge >= 0.3 is 0 Å². The average Bonchev–Trinajstić information content (AvgIpc) is 3.15. The van der Waals surface area contributed by atoms with Gasteiger partial charge in [0.1, 0.15) is 5.82 Å². The molecule has 0 radical (unpaired) electrons. The van der Waals surface area contributed by atoms with Gasteiger partial charge in [0.25, 0.3) is 0 Å². The van der Waals surface area contributed by atoms with Gasteiger partial charge in [0, 0.05) is 5.69 Å². The number of benzene rings is 2. The highest BCUT2D eigenvalue weighted by molar-refractivity contribution is 8.14. The number of anilines is 2. The number of thioether (sulfide) groups is 1. The third kappa shape index (κ3) is 4.09. The lowest BCUT2D eigenvalue weighted by atomic mass is 10.1. The highest BCUT2D eigenvalue weighted by Crippen LogP contribution is 2.36. The van der Waals surface area contributed by atoms with Crippen LogP contribution < -0.4 is 10.2 Å². The van der Waals surface area contributed by atoms with Crippen molar-refractivity contribution in [3.05, 3.63) is 59.4 Å². The van der Waals surface area contributed by atoms with E-state index in [1.165, 1.54) is 17.8 Å². The molecule has 0 spiro atoms. The second-order valence-corrected chi connectivity index (χ2v) is 10.6.